The van der Waals surface area contributed by atoms with Gasteiger partial charge in [0.05, 0.1) is 50.5 Å². The third kappa shape index (κ3) is 26.3. The summed E-state index contributed by atoms with van der Waals surface area (Å²) >= 11 is 1.69. The van der Waals surface area contributed by atoms with Crippen LogP contribution >= 0.6 is 11.8 Å². The van der Waals surface area contributed by atoms with Crippen LogP contribution in [0.3, 0.4) is 0 Å². The number of aliphatic hydroxyl groups is 2. The third-order valence-corrected chi connectivity index (χ3v) is 15.6. The summed E-state index contributed by atoms with van der Waals surface area (Å²) in [6, 6.07) is -1.21. The summed E-state index contributed by atoms with van der Waals surface area (Å²) < 4.78 is 19.6. The molecule has 84 heavy (non-hydrogen) atoms. The maximum absolute atomic E-state index is 13.3. The molecular formula is C58H98N16O9S. The number of ether oxygens (including phenoxy) is 3. The van der Waals surface area contributed by atoms with Crippen molar-refractivity contribution in [3.63, 3.8) is 0 Å². The van der Waals surface area contributed by atoms with Gasteiger partial charge in [-0.2, -0.15) is 26.7 Å². The molecule has 0 radical (unpaired) electrons. The largest absolute Gasteiger partial charge is 0.396 e. The number of anilines is 3. The van der Waals surface area contributed by atoms with Crippen molar-refractivity contribution < 1.29 is 43.6 Å². The fourth-order valence-corrected chi connectivity index (χ4v) is 10.5. The van der Waals surface area contributed by atoms with E-state index in [1.54, 1.807) is 42.7 Å². The standard InChI is InChI=1S/C58H98N16O9S/c1-5-38-81-40-42-83-43-41-82-39-28-61-56-62-57(71-33-29-69(30-34-71)51(77)22-18-14-10-6-8-12-16-20-26-59-54(79)50(25-44-84-4)73-46-49(24-37-75)66-68-73)64-58(63-56)72-35-31-70(32-36-72)52(78)23-19-15-11-7-9-13-17-21-27-60-55(80)53(48(3)76)74-45-47(2)65-67-74/h1,45-46,48,50,53,75-76H,6-44H2,2-4H3,(H,59,79)(H,60,80)(H,61,62,63,64). The number of nitrogens with one attached hydrogen (secondary N) is 3. The van der Waals surface area contributed by atoms with Gasteiger partial charge in [-0.1, -0.05) is 93.4 Å². The Morgan fingerprint density at radius 2 is 1.14 bits per heavy atom. The highest BCUT2D eigenvalue weighted by molar-refractivity contribution is 7.98. The quantitative estimate of drug-likeness (QED) is 0.0392. The first-order valence-corrected chi connectivity index (χ1v) is 32.2. The molecule has 0 aromatic carbocycles. The lowest BCUT2D eigenvalue weighted by molar-refractivity contribution is -0.132. The Bertz CT molecular complexity index is 2360. The van der Waals surface area contributed by atoms with Crippen LogP contribution in [-0.4, -0.2) is 225 Å². The van der Waals surface area contributed by atoms with Crippen LogP contribution in [0, 0.1) is 19.3 Å². The molecule has 5 heterocycles. The predicted octanol–water partition coefficient (Wildman–Crippen LogP) is 4.16. The van der Waals surface area contributed by atoms with Gasteiger partial charge in [0.1, 0.15) is 12.6 Å². The number of aromatic nitrogens is 9. The molecular weight excluding hydrogens is 1100 g/mol. The molecule has 3 unspecified atom stereocenters. The second-order valence-corrected chi connectivity index (χ2v) is 22.6. The van der Waals surface area contributed by atoms with E-state index in [1.807, 2.05) is 16.1 Å². The first-order valence-electron chi connectivity index (χ1n) is 30.9. The molecule has 0 aliphatic carbocycles. The Balaban J connectivity index is 0.957. The third-order valence-electron chi connectivity index (χ3n) is 14.9. The Hall–Kier alpha value is -5.72. The van der Waals surface area contributed by atoms with Gasteiger partial charge in [0.2, 0.25) is 41.5 Å². The average Bonchev–Trinajstić information content (AvgIpc) is 4.01. The Morgan fingerprint density at radius 3 is 1.64 bits per heavy atom. The van der Waals surface area contributed by atoms with Crippen molar-refractivity contribution in [1.29, 1.82) is 0 Å². The summed E-state index contributed by atoms with van der Waals surface area (Å²) in [6.45, 7) is 12.2. The SMILES string of the molecule is C#CCOCCOCCOCCNc1nc(N2CCN(C(=O)CCCCCCCCCCNC(=O)C(CCSC)n3cc(CCO)nn3)CC2)nc(N2CCN(C(=O)CCCCCCCCCCNC(=O)C(C(C)O)n3cc(C)nn3)CC2)n1. The van der Waals surface area contributed by atoms with Gasteiger partial charge in [0.15, 0.2) is 6.04 Å². The van der Waals surface area contributed by atoms with Gasteiger partial charge in [-0.25, -0.2) is 9.36 Å². The van der Waals surface area contributed by atoms with Gasteiger partial charge < -0.3 is 60.0 Å². The molecule has 0 bridgehead atoms. The van der Waals surface area contributed by atoms with Crippen LogP contribution in [0.1, 0.15) is 152 Å². The number of rotatable bonds is 45. The van der Waals surface area contributed by atoms with E-state index in [4.69, 9.17) is 35.6 Å². The number of aliphatic hydroxyl groups excluding tert-OH is 2. The molecule has 0 saturated carbocycles. The predicted molar refractivity (Wildman–Crippen MR) is 325 cm³/mol. The molecule has 26 heteroatoms. The number of terminal acetylenes is 1. The maximum atomic E-state index is 13.3. The number of aryl methyl sites for hydroxylation is 1. The molecule has 25 nitrogen and oxygen atoms in total. The number of nitrogens with zero attached hydrogens (tertiary/aromatic N) is 13. The van der Waals surface area contributed by atoms with Crippen molar-refractivity contribution in [2.24, 2.45) is 0 Å². The molecule has 3 aromatic rings. The number of thioether (sulfide) groups is 1. The average molecular weight is 1200 g/mol. The second kappa shape index (κ2) is 41.4. The van der Waals surface area contributed by atoms with Gasteiger partial charge in [0.25, 0.3) is 0 Å². The normalized spacial score (nSPS) is 14.8. The van der Waals surface area contributed by atoms with Gasteiger partial charge in [-0.3, -0.25) is 19.2 Å². The van der Waals surface area contributed by atoms with Crippen LogP contribution in [0.2, 0.25) is 0 Å². The number of hydrogen-bond donors (Lipinski definition) is 5. The first-order chi connectivity index (χ1) is 41.0. The summed E-state index contributed by atoms with van der Waals surface area (Å²) in [5, 5.41) is 44.9. The molecule has 4 amide bonds. The highest BCUT2D eigenvalue weighted by atomic mass is 32.2. The molecule has 2 saturated heterocycles. The van der Waals surface area contributed by atoms with Crippen molar-refractivity contribution in [1.82, 2.24) is 65.4 Å². The molecule has 2 aliphatic rings. The van der Waals surface area contributed by atoms with Gasteiger partial charge >= 0.3 is 0 Å². The minimum absolute atomic E-state index is 0.00597. The van der Waals surface area contributed by atoms with Crippen molar-refractivity contribution in [2.45, 2.75) is 160 Å². The number of carbonyl (C=O) groups excluding carboxylic acids is 4. The van der Waals surface area contributed by atoms with Gasteiger partial charge in [-0.05, 0) is 58.0 Å². The molecule has 5 rings (SSSR count). The smallest absolute Gasteiger partial charge is 0.247 e. The van der Waals surface area contributed by atoms with E-state index < -0.39 is 18.2 Å². The van der Waals surface area contributed by atoms with Crippen molar-refractivity contribution in [3.05, 3.63) is 23.8 Å². The van der Waals surface area contributed by atoms with Crippen LogP contribution in [0.25, 0.3) is 0 Å². The zero-order valence-electron chi connectivity index (χ0n) is 50.5. The Labute approximate surface area is 502 Å². The second-order valence-electron chi connectivity index (χ2n) is 21.6. The maximum Gasteiger partial charge on any atom is 0.247 e. The number of unbranched alkanes of at least 4 members (excludes halogenated alkanes) is 14. The van der Waals surface area contributed by atoms with Crippen molar-refractivity contribution in [3.8, 4) is 12.3 Å². The summed E-state index contributed by atoms with van der Waals surface area (Å²) in [5.74, 6) is 4.87. The molecule has 0 spiro atoms. The fourth-order valence-electron chi connectivity index (χ4n) is 10.1. The highest BCUT2D eigenvalue weighted by Crippen LogP contribution is 2.22. The zero-order chi connectivity index (χ0) is 60.0. The molecule has 3 atom stereocenters. The lowest BCUT2D eigenvalue weighted by atomic mass is 10.1. The van der Waals surface area contributed by atoms with E-state index >= 15 is 0 Å². The lowest BCUT2D eigenvalue weighted by Crippen LogP contribution is -2.50. The highest BCUT2D eigenvalue weighted by Gasteiger charge is 2.29. The van der Waals surface area contributed by atoms with Gasteiger partial charge in [0, 0.05) is 110 Å². The Kier molecular flexibility index (Phi) is 34.0. The van der Waals surface area contributed by atoms with E-state index in [0.29, 0.717) is 160 Å². The van der Waals surface area contributed by atoms with Crippen LogP contribution in [0.15, 0.2) is 12.4 Å². The summed E-state index contributed by atoms with van der Waals surface area (Å²) in [7, 11) is 0. The minimum Gasteiger partial charge on any atom is -0.396 e. The number of amides is 4. The molecule has 3 aromatic heterocycles. The van der Waals surface area contributed by atoms with Gasteiger partial charge in [-0.15, -0.1) is 16.6 Å². The Morgan fingerprint density at radius 1 is 0.643 bits per heavy atom. The van der Waals surface area contributed by atoms with Crippen LogP contribution in [0.5, 0.6) is 0 Å². The van der Waals surface area contributed by atoms with E-state index in [9.17, 15) is 29.4 Å². The van der Waals surface area contributed by atoms with E-state index in [1.165, 1.54) is 4.68 Å². The molecule has 5 N–H and O–H groups in total. The van der Waals surface area contributed by atoms with Crippen LogP contribution in [0.4, 0.5) is 17.8 Å². The first kappa shape index (κ1) is 69.1. The van der Waals surface area contributed by atoms with Crippen LogP contribution < -0.4 is 25.8 Å². The molecule has 2 fully saturated rings. The number of hydrogen-bond acceptors (Lipinski definition) is 20. The van der Waals surface area contributed by atoms with E-state index in [2.05, 4.69) is 52.3 Å². The summed E-state index contributed by atoms with van der Waals surface area (Å²) in [4.78, 5) is 75.2. The lowest BCUT2D eigenvalue weighted by Gasteiger charge is -2.36. The minimum atomic E-state index is -0.889. The number of carbonyl (C=O) groups is 4. The van der Waals surface area contributed by atoms with Crippen molar-refractivity contribution in [2.75, 3.05) is 145 Å². The van der Waals surface area contributed by atoms with Crippen LogP contribution in [-0.2, 0) is 39.8 Å². The topological polar surface area (TPSA) is 286 Å². The van der Waals surface area contributed by atoms with E-state index in [-0.39, 0.29) is 36.8 Å². The monoisotopic (exact) mass is 1190 g/mol. The summed E-state index contributed by atoms with van der Waals surface area (Å²) in [6.07, 6.45) is 28.4. The number of piperazine rings is 2. The zero-order valence-corrected chi connectivity index (χ0v) is 51.3. The fraction of sp³-hybridized carbons (Fsp3) is 0.776. The van der Waals surface area contributed by atoms with E-state index in [0.717, 1.165) is 108 Å². The van der Waals surface area contributed by atoms with Crippen molar-refractivity contribution >= 4 is 53.2 Å². The summed E-state index contributed by atoms with van der Waals surface area (Å²) in [5.41, 5.74) is 1.37. The molecule has 2 aliphatic heterocycles. The molecule has 470 valence electrons.